The molecule has 2 aromatic carbocycles. The average molecular weight is 257 g/mol. The lowest BCUT2D eigenvalue weighted by molar-refractivity contribution is 0.103. The maximum atomic E-state index is 12.1. The fraction of sp³-hybridized carbons (Fsp3) is 0.0625. The first-order chi connectivity index (χ1) is 8.66. The number of benzene rings is 2. The summed E-state index contributed by atoms with van der Waals surface area (Å²) < 4.78 is 0. The third-order valence-electron chi connectivity index (χ3n) is 2.69. The highest BCUT2D eigenvalue weighted by Gasteiger charge is 2.10. The Morgan fingerprint density at radius 3 is 2.22 bits per heavy atom. The molecule has 0 fully saturated rings. The molecule has 0 amide bonds. The molecule has 0 aliphatic carbocycles. The fourth-order valence-electron chi connectivity index (χ4n) is 1.73. The van der Waals surface area contributed by atoms with Crippen molar-refractivity contribution in [2.24, 2.45) is 0 Å². The maximum absolute atomic E-state index is 12.1. The SMILES string of the molecule is C=C(Cc1ccccc1)C(=O)c1ccc(Cl)cc1. The van der Waals surface area contributed by atoms with Gasteiger partial charge in [0.15, 0.2) is 5.78 Å². The molecule has 0 aliphatic rings. The van der Waals surface area contributed by atoms with E-state index < -0.39 is 0 Å². The molecule has 1 nitrogen and oxygen atoms in total. The van der Waals surface area contributed by atoms with E-state index in [1.54, 1.807) is 24.3 Å². The zero-order chi connectivity index (χ0) is 13.0. The minimum atomic E-state index is -0.0319. The molecule has 0 bridgehead atoms. The summed E-state index contributed by atoms with van der Waals surface area (Å²) in [5.41, 5.74) is 2.30. The molecule has 0 atom stereocenters. The van der Waals surface area contributed by atoms with E-state index in [0.29, 0.717) is 22.6 Å². The van der Waals surface area contributed by atoms with Crippen molar-refractivity contribution in [1.29, 1.82) is 0 Å². The van der Waals surface area contributed by atoms with Crippen molar-refractivity contribution in [3.8, 4) is 0 Å². The summed E-state index contributed by atoms with van der Waals surface area (Å²) in [6, 6.07) is 16.7. The van der Waals surface area contributed by atoms with Gasteiger partial charge in [-0.3, -0.25) is 4.79 Å². The Kier molecular flexibility index (Phi) is 3.96. The predicted octanol–water partition coefficient (Wildman–Crippen LogP) is 4.32. The summed E-state index contributed by atoms with van der Waals surface area (Å²) in [6.07, 6.45) is 0.572. The lowest BCUT2D eigenvalue weighted by atomic mass is 9.98. The first-order valence-electron chi connectivity index (χ1n) is 5.69. The normalized spacial score (nSPS) is 10.1. The van der Waals surface area contributed by atoms with Crippen molar-refractivity contribution in [1.82, 2.24) is 0 Å². The Morgan fingerprint density at radius 1 is 1.00 bits per heavy atom. The van der Waals surface area contributed by atoms with E-state index in [1.165, 1.54) is 0 Å². The van der Waals surface area contributed by atoms with Crippen molar-refractivity contribution in [3.63, 3.8) is 0 Å². The van der Waals surface area contributed by atoms with E-state index in [-0.39, 0.29) is 5.78 Å². The molecule has 0 saturated heterocycles. The maximum Gasteiger partial charge on any atom is 0.188 e. The molecule has 0 aliphatic heterocycles. The number of rotatable bonds is 4. The highest BCUT2D eigenvalue weighted by molar-refractivity contribution is 6.30. The molecule has 0 spiro atoms. The molecule has 0 aromatic heterocycles. The van der Waals surface area contributed by atoms with Gasteiger partial charge in [-0.25, -0.2) is 0 Å². The fourth-order valence-corrected chi connectivity index (χ4v) is 1.85. The molecule has 0 N–H and O–H groups in total. The quantitative estimate of drug-likeness (QED) is 0.588. The van der Waals surface area contributed by atoms with Gasteiger partial charge in [-0.15, -0.1) is 0 Å². The molecular weight excluding hydrogens is 244 g/mol. The second-order valence-electron chi connectivity index (χ2n) is 4.10. The monoisotopic (exact) mass is 256 g/mol. The van der Waals surface area contributed by atoms with Crippen LogP contribution in [0.4, 0.5) is 0 Å². The molecule has 2 rings (SSSR count). The summed E-state index contributed by atoms with van der Waals surface area (Å²) in [4.78, 5) is 12.1. The van der Waals surface area contributed by atoms with Gasteiger partial charge in [-0.05, 0) is 35.4 Å². The topological polar surface area (TPSA) is 17.1 Å². The third-order valence-corrected chi connectivity index (χ3v) is 2.94. The van der Waals surface area contributed by atoms with Crippen molar-refractivity contribution in [2.45, 2.75) is 6.42 Å². The number of carbonyl (C=O) groups is 1. The molecule has 0 heterocycles. The molecule has 18 heavy (non-hydrogen) atoms. The molecule has 0 saturated carbocycles. The highest BCUT2D eigenvalue weighted by Crippen LogP contribution is 2.15. The Labute approximate surface area is 112 Å². The standard InChI is InChI=1S/C16H13ClO/c1-12(11-13-5-3-2-4-6-13)16(18)14-7-9-15(17)10-8-14/h2-10H,1,11H2. The number of Topliss-reactive ketones (excluding diaryl/α,β-unsaturated/α-hetero) is 1. The van der Waals surface area contributed by atoms with Crippen LogP contribution in [0.1, 0.15) is 15.9 Å². The number of halogens is 1. The molecule has 0 radical (unpaired) electrons. The second-order valence-corrected chi connectivity index (χ2v) is 4.54. The van der Waals surface area contributed by atoms with Crippen LogP contribution in [-0.4, -0.2) is 5.78 Å². The van der Waals surface area contributed by atoms with Gasteiger partial charge in [0.25, 0.3) is 0 Å². The van der Waals surface area contributed by atoms with Crippen molar-refractivity contribution in [3.05, 3.63) is 82.9 Å². The van der Waals surface area contributed by atoms with Gasteiger partial charge < -0.3 is 0 Å². The number of allylic oxidation sites excluding steroid dienone is 1. The van der Waals surface area contributed by atoms with Gasteiger partial charge in [0.2, 0.25) is 0 Å². The molecular formula is C16H13ClO. The van der Waals surface area contributed by atoms with Gasteiger partial charge in [-0.1, -0.05) is 48.5 Å². The van der Waals surface area contributed by atoms with Crippen molar-refractivity contribution < 1.29 is 4.79 Å². The van der Waals surface area contributed by atoms with Crippen LogP contribution in [0.25, 0.3) is 0 Å². The minimum Gasteiger partial charge on any atom is -0.289 e. The predicted molar refractivity (Wildman–Crippen MR) is 75.1 cm³/mol. The van der Waals surface area contributed by atoms with Crippen LogP contribution in [0.5, 0.6) is 0 Å². The summed E-state index contributed by atoms with van der Waals surface area (Å²) in [6.45, 7) is 3.87. The largest absolute Gasteiger partial charge is 0.289 e. The van der Waals surface area contributed by atoms with Crippen LogP contribution in [-0.2, 0) is 6.42 Å². The van der Waals surface area contributed by atoms with E-state index >= 15 is 0 Å². The van der Waals surface area contributed by atoms with Gasteiger partial charge in [-0.2, -0.15) is 0 Å². The molecule has 90 valence electrons. The minimum absolute atomic E-state index is 0.0319. The smallest absolute Gasteiger partial charge is 0.188 e. The van der Waals surface area contributed by atoms with Crippen LogP contribution < -0.4 is 0 Å². The number of hydrogen-bond acceptors (Lipinski definition) is 1. The number of ketones is 1. The van der Waals surface area contributed by atoms with Gasteiger partial charge in [0.05, 0.1) is 0 Å². The van der Waals surface area contributed by atoms with E-state index in [0.717, 1.165) is 5.56 Å². The van der Waals surface area contributed by atoms with Gasteiger partial charge in [0, 0.05) is 17.0 Å². The number of carbonyl (C=O) groups excluding carboxylic acids is 1. The Hall–Kier alpha value is -1.86. The Balaban J connectivity index is 2.10. The summed E-state index contributed by atoms with van der Waals surface area (Å²) in [5.74, 6) is -0.0319. The van der Waals surface area contributed by atoms with E-state index in [1.807, 2.05) is 30.3 Å². The van der Waals surface area contributed by atoms with Crippen LogP contribution in [0.3, 0.4) is 0 Å². The third kappa shape index (κ3) is 3.08. The summed E-state index contributed by atoms with van der Waals surface area (Å²) >= 11 is 5.79. The van der Waals surface area contributed by atoms with E-state index in [9.17, 15) is 4.79 Å². The zero-order valence-corrected chi connectivity index (χ0v) is 10.7. The van der Waals surface area contributed by atoms with Gasteiger partial charge >= 0.3 is 0 Å². The number of hydrogen-bond donors (Lipinski definition) is 0. The van der Waals surface area contributed by atoms with Crippen molar-refractivity contribution >= 4 is 17.4 Å². The average Bonchev–Trinajstić information content (AvgIpc) is 2.40. The van der Waals surface area contributed by atoms with Crippen LogP contribution in [0.2, 0.25) is 5.02 Å². The first-order valence-corrected chi connectivity index (χ1v) is 6.06. The van der Waals surface area contributed by atoms with E-state index in [4.69, 9.17) is 11.6 Å². The summed E-state index contributed by atoms with van der Waals surface area (Å²) in [5, 5.41) is 0.625. The first kappa shape index (κ1) is 12.6. The van der Waals surface area contributed by atoms with Crippen LogP contribution in [0.15, 0.2) is 66.7 Å². The molecule has 2 aromatic rings. The van der Waals surface area contributed by atoms with Gasteiger partial charge in [0.1, 0.15) is 0 Å². The highest BCUT2D eigenvalue weighted by atomic mass is 35.5. The molecule has 2 heteroatoms. The van der Waals surface area contributed by atoms with Crippen LogP contribution >= 0.6 is 11.6 Å². The zero-order valence-electron chi connectivity index (χ0n) is 9.90. The summed E-state index contributed by atoms with van der Waals surface area (Å²) in [7, 11) is 0. The second kappa shape index (κ2) is 5.65. The van der Waals surface area contributed by atoms with Crippen molar-refractivity contribution in [2.75, 3.05) is 0 Å². The Morgan fingerprint density at radius 2 is 1.61 bits per heavy atom. The van der Waals surface area contributed by atoms with Crippen LogP contribution in [0, 0.1) is 0 Å². The lowest BCUT2D eigenvalue weighted by Gasteiger charge is -2.05. The Bertz CT molecular complexity index is 555. The lowest BCUT2D eigenvalue weighted by Crippen LogP contribution is -2.04. The molecule has 0 unspecified atom stereocenters. The van der Waals surface area contributed by atoms with E-state index in [2.05, 4.69) is 6.58 Å².